The summed E-state index contributed by atoms with van der Waals surface area (Å²) in [4.78, 5) is 12.1. The molecule has 0 radical (unpaired) electrons. The molecule has 80 valence electrons. The highest BCUT2D eigenvalue weighted by atomic mass is 15.0. The second-order valence-corrected chi connectivity index (χ2v) is 3.51. The minimum atomic E-state index is 0.878. The van der Waals surface area contributed by atoms with Gasteiger partial charge < -0.3 is 10.3 Å². The van der Waals surface area contributed by atoms with Gasteiger partial charge in [-0.3, -0.25) is 0 Å². The van der Waals surface area contributed by atoms with E-state index in [9.17, 15) is 0 Å². The third-order valence-electron chi connectivity index (χ3n) is 2.28. The number of anilines is 1. The molecule has 0 spiro atoms. The van der Waals surface area contributed by atoms with Gasteiger partial charge in [0, 0.05) is 19.2 Å². The Hall–Kier alpha value is -1.58. The van der Waals surface area contributed by atoms with Crippen LogP contribution in [-0.2, 0) is 6.42 Å². The van der Waals surface area contributed by atoms with Crippen LogP contribution in [0, 0.1) is 0 Å². The summed E-state index contributed by atoms with van der Waals surface area (Å²) in [6, 6.07) is 2.00. The maximum absolute atomic E-state index is 4.51. The first-order chi connectivity index (χ1) is 7.35. The van der Waals surface area contributed by atoms with Crippen LogP contribution in [0.5, 0.6) is 0 Å². The SMILES string of the molecule is CCCc1nc(NCC)c2cc[nH]c2n1. The highest BCUT2D eigenvalue weighted by Crippen LogP contribution is 2.19. The van der Waals surface area contributed by atoms with Crippen LogP contribution in [0.4, 0.5) is 5.82 Å². The minimum absolute atomic E-state index is 0.878. The summed E-state index contributed by atoms with van der Waals surface area (Å²) in [7, 11) is 0. The molecular formula is C11H16N4. The van der Waals surface area contributed by atoms with Crippen LogP contribution in [-0.4, -0.2) is 21.5 Å². The number of aromatic amines is 1. The molecule has 0 saturated carbocycles. The van der Waals surface area contributed by atoms with Gasteiger partial charge in [-0.1, -0.05) is 6.92 Å². The Kier molecular flexibility index (Phi) is 2.85. The number of hydrogen-bond acceptors (Lipinski definition) is 3. The van der Waals surface area contributed by atoms with E-state index < -0.39 is 0 Å². The van der Waals surface area contributed by atoms with Crippen molar-refractivity contribution in [2.75, 3.05) is 11.9 Å². The summed E-state index contributed by atoms with van der Waals surface area (Å²) in [6.07, 6.45) is 3.89. The standard InChI is InChI=1S/C11H16N4/c1-3-5-9-14-10(12-4-2)8-6-7-13-11(8)15-9/h6-7H,3-5H2,1-2H3,(H2,12,13,14,15). The fourth-order valence-electron chi connectivity index (χ4n) is 1.63. The van der Waals surface area contributed by atoms with Gasteiger partial charge in [-0.2, -0.15) is 0 Å². The Morgan fingerprint density at radius 1 is 1.33 bits per heavy atom. The molecule has 15 heavy (non-hydrogen) atoms. The number of aryl methyl sites for hydroxylation is 1. The lowest BCUT2D eigenvalue weighted by atomic mass is 10.3. The zero-order valence-electron chi connectivity index (χ0n) is 9.17. The van der Waals surface area contributed by atoms with Gasteiger partial charge in [0.25, 0.3) is 0 Å². The smallest absolute Gasteiger partial charge is 0.143 e. The van der Waals surface area contributed by atoms with Crippen molar-refractivity contribution in [2.45, 2.75) is 26.7 Å². The predicted molar refractivity (Wildman–Crippen MR) is 62.0 cm³/mol. The Morgan fingerprint density at radius 3 is 2.93 bits per heavy atom. The van der Waals surface area contributed by atoms with Crippen molar-refractivity contribution in [2.24, 2.45) is 0 Å². The quantitative estimate of drug-likeness (QED) is 0.803. The average Bonchev–Trinajstić information content (AvgIpc) is 2.67. The Morgan fingerprint density at radius 2 is 2.20 bits per heavy atom. The van der Waals surface area contributed by atoms with E-state index in [1.165, 1.54) is 0 Å². The van der Waals surface area contributed by atoms with Crippen molar-refractivity contribution in [3.63, 3.8) is 0 Å². The van der Waals surface area contributed by atoms with Crippen LogP contribution in [0.1, 0.15) is 26.1 Å². The van der Waals surface area contributed by atoms with Crippen molar-refractivity contribution >= 4 is 16.9 Å². The second-order valence-electron chi connectivity index (χ2n) is 3.51. The van der Waals surface area contributed by atoms with Crippen molar-refractivity contribution < 1.29 is 0 Å². The Labute approximate surface area is 89.1 Å². The molecule has 0 bridgehead atoms. The van der Waals surface area contributed by atoms with E-state index in [1.54, 1.807) is 0 Å². The molecule has 2 aromatic heterocycles. The lowest BCUT2D eigenvalue weighted by molar-refractivity contribution is 0.842. The second kappa shape index (κ2) is 4.29. The zero-order chi connectivity index (χ0) is 10.7. The van der Waals surface area contributed by atoms with Crippen molar-refractivity contribution in [3.05, 3.63) is 18.1 Å². The average molecular weight is 204 g/mol. The minimum Gasteiger partial charge on any atom is -0.370 e. The van der Waals surface area contributed by atoms with Crippen LogP contribution in [0.3, 0.4) is 0 Å². The molecule has 2 aromatic rings. The van der Waals surface area contributed by atoms with Crippen molar-refractivity contribution in [1.29, 1.82) is 0 Å². The Bertz CT molecular complexity index is 447. The molecule has 0 aromatic carbocycles. The summed E-state index contributed by atoms with van der Waals surface area (Å²) in [6.45, 7) is 5.08. The number of fused-ring (bicyclic) bond motifs is 1. The molecule has 0 saturated heterocycles. The summed E-state index contributed by atoms with van der Waals surface area (Å²) in [5.74, 6) is 1.84. The van der Waals surface area contributed by atoms with E-state index in [-0.39, 0.29) is 0 Å². The van der Waals surface area contributed by atoms with Gasteiger partial charge in [-0.05, 0) is 19.4 Å². The van der Waals surface area contributed by atoms with Crippen LogP contribution < -0.4 is 5.32 Å². The highest BCUT2D eigenvalue weighted by molar-refractivity contribution is 5.86. The van der Waals surface area contributed by atoms with Gasteiger partial charge in [-0.25, -0.2) is 9.97 Å². The van der Waals surface area contributed by atoms with Crippen LogP contribution in [0.2, 0.25) is 0 Å². The molecular weight excluding hydrogens is 188 g/mol. The highest BCUT2D eigenvalue weighted by Gasteiger charge is 2.06. The lowest BCUT2D eigenvalue weighted by Crippen LogP contribution is -2.04. The maximum atomic E-state index is 4.51. The molecule has 0 aliphatic heterocycles. The molecule has 2 rings (SSSR count). The molecule has 0 fully saturated rings. The summed E-state index contributed by atoms with van der Waals surface area (Å²) >= 11 is 0. The predicted octanol–water partition coefficient (Wildman–Crippen LogP) is 2.34. The van der Waals surface area contributed by atoms with Crippen molar-refractivity contribution in [3.8, 4) is 0 Å². The number of nitrogens with zero attached hydrogens (tertiary/aromatic N) is 2. The topological polar surface area (TPSA) is 53.6 Å². The van der Waals surface area contributed by atoms with Crippen LogP contribution in [0.25, 0.3) is 11.0 Å². The van der Waals surface area contributed by atoms with E-state index in [2.05, 4.69) is 34.1 Å². The van der Waals surface area contributed by atoms with E-state index >= 15 is 0 Å². The summed E-state index contributed by atoms with van der Waals surface area (Å²) in [5.41, 5.74) is 0.921. The van der Waals surface area contributed by atoms with Gasteiger partial charge in [0.1, 0.15) is 17.3 Å². The van der Waals surface area contributed by atoms with Gasteiger partial charge in [0.15, 0.2) is 0 Å². The van der Waals surface area contributed by atoms with Gasteiger partial charge in [-0.15, -0.1) is 0 Å². The third-order valence-corrected chi connectivity index (χ3v) is 2.28. The fraction of sp³-hybridized carbons (Fsp3) is 0.455. The normalized spacial score (nSPS) is 10.8. The first-order valence-electron chi connectivity index (χ1n) is 5.43. The van der Waals surface area contributed by atoms with Gasteiger partial charge in [0.2, 0.25) is 0 Å². The zero-order valence-corrected chi connectivity index (χ0v) is 9.17. The molecule has 0 unspecified atom stereocenters. The van der Waals surface area contributed by atoms with E-state index in [0.29, 0.717) is 0 Å². The first kappa shape index (κ1) is 9.96. The Balaban J connectivity index is 2.48. The number of H-pyrrole nitrogens is 1. The molecule has 0 atom stereocenters. The summed E-state index contributed by atoms with van der Waals surface area (Å²) < 4.78 is 0. The molecule has 4 nitrogen and oxygen atoms in total. The van der Waals surface area contributed by atoms with E-state index in [4.69, 9.17) is 0 Å². The number of nitrogens with one attached hydrogen (secondary N) is 2. The molecule has 0 aliphatic carbocycles. The van der Waals surface area contributed by atoms with Gasteiger partial charge in [0.05, 0.1) is 5.39 Å². The number of rotatable bonds is 4. The largest absolute Gasteiger partial charge is 0.370 e. The lowest BCUT2D eigenvalue weighted by Gasteiger charge is -2.05. The van der Waals surface area contributed by atoms with Crippen LogP contribution >= 0.6 is 0 Å². The van der Waals surface area contributed by atoms with Crippen LogP contribution in [0.15, 0.2) is 12.3 Å². The molecule has 4 heteroatoms. The maximum Gasteiger partial charge on any atom is 0.143 e. The molecule has 2 heterocycles. The van der Waals surface area contributed by atoms with Crippen molar-refractivity contribution in [1.82, 2.24) is 15.0 Å². The molecule has 2 N–H and O–H groups in total. The monoisotopic (exact) mass is 204 g/mol. The molecule has 0 amide bonds. The van der Waals surface area contributed by atoms with E-state index in [0.717, 1.165) is 42.1 Å². The summed E-state index contributed by atoms with van der Waals surface area (Å²) in [5, 5.41) is 4.33. The fourth-order valence-corrected chi connectivity index (χ4v) is 1.63. The number of hydrogen-bond donors (Lipinski definition) is 2. The molecule has 0 aliphatic rings. The first-order valence-corrected chi connectivity index (χ1v) is 5.43. The van der Waals surface area contributed by atoms with Gasteiger partial charge >= 0.3 is 0 Å². The number of aromatic nitrogens is 3. The third kappa shape index (κ3) is 1.93. The van der Waals surface area contributed by atoms with E-state index in [1.807, 2.05) is 12.3 Å².